The van der Waals surface area contributed by atoms with E-state index in [-0.39, 0.29) is 27.4 Å². The van der Waals surface area contributed by atoms with Crippen molar-refractivity contribution in [2.24, 2.45) is 0 Å². The number of hydrogen-bond acceptors (Lipinski definition) is 6. The predicted octanol–water partition coefficient (Wildman–Crippen LogP) is 5.03. The van der Waals surface area contributed by atoms with Crippen molar-refractivity contribution in [3.8, 4) is 17.1 Å². The summed E-state index contributed by atoms with van der Waals surface area (Å²) < 4.78 is 37.1. The van der Waals surface area contributed by atoms with Gasteiger partial charge in [0.25, 0.3) is 5.91 Å². The molecule has 4 aromatic rings. The van der Waals surface area contributed by atoms with Gasteiger partial charge in [0.15, 0.2) is 12.4 Å². The number of anilines is 1. The number of hydrogen-bond donors (Lipinski definition) is 1. The first kappa shape index (κ1) is 25.7. The Bertz CT molecular complexity index is 1620. The Morgan fingerprint density at radius 2 is 1.72 bits per heavy atom. The molecule has 36 heavy (non-hydrogen) atoms. The van der Waals surface area contributed by atoms with Gasteiger partial charge in [0, 0.05) is 30.4 Å². The average Bonchev–Trinajstić information content (AvgIpc) is 2.84. The van der Waals surface area contributed by atoms with Crippen LogP contribution >= 0.6 is 23.2 Å². The van der Waals surface area contributed by atoms with Crippen molar-refractivity contribution < 1.29 is 22.4 Å². The fraction of sp³-hybridized carbons (Fsp3) is 0.120. The number of carbonyl (C=O) groups is 1. The zero-order valence-corrected chi connectivity index (χ0v) is 21.4. The summed E-state index contributed by atoms with van der Waals surface area (Å²) in [7, 11) is -0.744. The predicted molar refractivity (Wildman–Crippen MR) is 139 cm³/mol. The number of nitrogens with one attached hydrogen (secondary N) is 1. The highest BCUT2D eigenvalue weighted by atomic mass is 35.5. The molecule has 1 heterocycles. The van der Waals surface area contributed by atoms with E-state index in [0.717, 1.165) is 4.31 Å². The molecule has 1 amide bonds. The number of sulfonamides is 1. The lowest BCUT2D eigenvalue weighted by Gasteiger charge is -2.13. The Morgan fingerprint density at radius 1 is 1.03 bits per heavy atom. The topological polar surface area (TPSA) is 106 Å². The van der Waals surface area contributed by atoms with Gasteiger partial charge < -0.3 is 14.5 Å². The van der Waals surface area contributed by atoms with Crippen molar-refractivity contribution in [2.45, 2.75) is 4.90 Å². The maximum atomic E-state index is 13.3. The summed E-state index contributed by atoms with van der Waals surface area (Å²) in [6.45, 7) is -0.522. The first-order valence-electron chi connectivity index (χ1n) is 10.5. The highest BCUT2D eigenvalue weighted by molar-refractivity contribution is 7.89. The van der Waals surface area contributed by atoms with Gasteiger partial charge in [-0.2, -0.15) is 0 Å². The minimum Gasteiger partial charge on any atom is -0.476 e. The van der Waals surface area contributed by atoms with Crippen molar-refractivity contribution in [3.05, 3.63) is 87.0 Å². The molecule has 4 rings (SSSR count). The number of halogens is 2. The van der Waals surface area contributed by atoms with Crippen LogP contribution in [-0.4, -0.2) is 39.3 Å². The van der Waals surface area contributed by atoms with Crippen molar-refractivity contribution in [3.63, 3.8) is 0 Å². The second kappa shape index (κ2) is 10.3. The van der Waals surface area contributed by atoms with Crippen molar-refractivity contribution in [1.29, 1.82) is 0 Å². The van der Waals surface area contributed by atoms with E-state index >= 15 is 0 Å². The smallest absolute Gasteiger partial charge is 0.262 e. The zero-order chi connectivity index (χ0) is 26.0. The van der Waals surface area contributed by atoms with Gasteiger partial charge in [-0.3, -0.25) is 9.59 Å². The molecule has 0 aliphatic rings. The Hall–Kier alpha value is -3.37. The highest BCUT2D eigenvalue weighted by Crippen LogP contribution is 2.35. The summed E-state index contributed by atoms with van der Waals surface area (Å²) in [5, 5.41) is 3.46. The highest BCUT2D eigenvalue weighted by Gasteiger charge is 2.21. The maximum Gasteiger partial charge on any atom is 0.262 e. The average molecular weight is 547 g/mol. The van der Waals surface area contributed by atoms with E-state index in [1.807, 2.05) is 0 Å². The molecule has 0 saturated heterocycles. The first-order valence-corrected chi connectivity index (χ1v) is 12.7. The largest absolute Gasteiger partial charge is 0.476 e. The third kappa shape index (κ3) is 5.24. The maximum absolute atomic E-state index is 13.3. The molecule has 0 bridgehead atoms. The van der Waals surface area contributed by atoms with Crippen LogP contribution in [-0.2, 0) is 14.8 Å². The second-order valence-corrected chi connectivity index (χ2v) is 10.9. The van der Waals surface area contributed by atoms with Gasteiger partial charge in [0.05, 0.1) is 15.3 Å². The van der Waals surface area contributed by atoms with Crippen molar-refractivity contribution in [2.75, 3.05) is 26.0 Å². The Kier molecular flexibility index (Phi) is 7.37. The molecule has 0 aliphatic carbocycles. The number of fused-ring (bicyclic) bond motifs is 1. The van der Waals surface area contributed by atoms with E-state index < -0.39 is 28.0 Å². The number of carbonyl (C=O) groups excluding carboxylic acids is 1. The molecule has 11 heteroatoms. The molecular weight excluding hydrogens is 527 g/mol. The molecule has 0 atom stereocenters. The quantitative estimate of drug-likeness (QED) is 0.348. The number of ether oxygens (including phenoxy) is 1. The minimum atomic E-state index is -3.60. The van der Waals surface area contributed by atoms with Gasteiger partial charge in [-0.1, -0.05) is 35.3 Å². The Balaban J connectivity index is 1.61. The SMILES string of the molecule is CN(C)S(=O)(=O)c1ccc(NC(=O)COc2c(-c3ccccc3Cl)oc3ccc(Cl)cc3c2=O)cc1. The lowest BCUT2D eigenvalue weighted by atomic mass is 10.1. The molecule has 0 radical (unpaired) electrons. The summed E-state index contributed by atoms with van der Waals surface area (Å²) in [5.74, 6) is -0.694. The summed E-state index contributed by atoms with van der Waals surface area (Å²) >= 11 is 12.4. The zero-order valence-electron chi connectivity index (χ0n) is 19.1. The normalized spacial score (nSPS) is 11.6. The molecule has 0 unspecified atom stereocenters. The van der Waals surface area contributed by atoms with Gasteiger partial charge >= 0.3 is 0 Å². The molecule has 186 valence electrons. The van der Waals surface area contributed by atoms with Gasteiger partial charge in [0.2, 0.25) is 21.2 Å². The van der Waals surface area contributed by atoms with Crippen LogP contribution in [0, 0.1) is 0 Å². The van der Waals surface area contributed by atoms with Crippen LogP contribution in [0.5, 0.6) is 5.75 Å². The molecule has 1 aromatic heterocycles. The van der Waals surface area contributed by atoms with Crippen LogP contribution in [0.3, 0.4) is 0 Å². The Morgan fingerprint density at radius 3 is 2.39 bits per heavy atom. The van der Waals surface area contributed by atoms with Crippen molar-refractivity contribution in [1.82, 2.24) is 4.31 Å². The first-order chi connectivity index (χ1) is 17.1. The van der Waals surface area contributed by atoms with Crippen molar-refractivity contribution >= 4 is 55.8 Å². The van der Waals surface area contributed by atoms with Gasteiger partial charge in [0.1, 0.15) is 5.58 Å². The molecule has 0 spiro atoms. The standard InChI is InChI=1S/C25H20Cl2N2O6S/c1-29(2)36(32,33)17-10-8-16(9-11-17)28-22(30)14-34-25-23(31)19-13-15(26)7-12-21(19)35-24(25)18-5-3-4-6-20(18)27/h3-13H,14H2,1-2H3,(H,28,30). The third-order valence-electron chi connectivity index (χ3n) is 5.19. The molecule has 3 aromatic carbocycles. The number of nitrogens with zero attached hydrogens (tertiary/aromatic N) is 1. The molecule has 8 nitrogen and oxygen atoms in total. The van der Waals surface area contributed by atoms with Crippen LogP contribution in [0.25, 0.3) is 22.3 Å². The molecule has 0 saturated carbocycles. The van der Waals surface area contributed by atoms with E-state index in [1.54, 1.807) is 36.4 Å². The van der Waals surface area contributed by atoms with E-state index in [4.69, 9.17) is 32.4 Å². The number of rotatable bonds is 7. The monoisotopic (exact) mass is 546 g/mol. The van der Waals surface area contributed by atoms with Gasteiger partial charge in [-0.15, -0.1) is 0 Å². The van der Waals surface area contributed by atoms with Crippen LogP contribution in [0.1, 0.15) is 0 Å². The lowest BCUT2D eigenvalue weighted by Crippen LogP contribution is -2.23. The van der Waals surface area contributed by atoms with Gasteiger partial charge in [-0.25, -0.2) is 12.7 Å². The van der Waals surface area contributed by atoms with E-state index in [9.17, 15) is 18.0 Å². The van der Waals surface area contributed by atoms with Crippen LogP contribution in [0.2, 0.25) is 10.0 Å². The Labute approximate surface area is 217 Å². The fourth-order valence-corrected chi connectivity index (χ4v) is 4.66. The molecular formula is C25H20Cl2N2O6S. The van der Waals surface area contributed by atoms with E-state index in [1.165, 1.54) is 44.4 Å². The van der Waals surface area contributed by atoms with Crippen LogP contribution in [0.15, 0.2) is 80.8 Å². The second-order valence-electron chi connectivity index (χ2n) is 7.86. The summed E-state index contributed by atoms with van der Waals surface area (Å²) in [6.07, 6.45) is 0. The fourth-order valence-electron chi connectivity index (χ4n) is 3.36. The lowest BCUT2D eigenvalue weighted by molar-refractivity contribution is -0.118. The molecule has 0 fully saturated rings. The third-order valence-corrected chi connectivity index (χ3v) is 7.59. The number of benzene rings is 3. The van der Waals surface area contributed by atoms with Crippen LogP contribution in [0.4, 0.5) is 5.69 Å². The minimum absolute atomic E-state index is 0.0754. The number of amides is 1. The summed E-state index contributed by atoms with van der Waals surface area (Å²) in [4.78, 5) is 25.9. The molecule has 1 N–H and O–H groups in total. The van der Waals surface area contributed by atoms with Crippen LogP contribution < -0.4 is 15.5 Å². The summed E-state index contributed by atoms with van der Waals surface area (Å²) in [6, 6.07) is 17.0. The summed E-state index contributed by atoms with van der Waals surface area (Å²) in [5.41, 5.74) is 0.537. The van der Waals surface area contributed by atoms with E-state index in [0.29, 0.717) is 21.3 Å². The van der Waals surface area contributed by atoms with Gasteiger partial charge in [-0.05, 0) is 54.6 Å². The molecule has 0 aliphatic heterocycles. The van der Waals surface area contributed by atoms with E-state index in [2.05, 4.69) is 5.32 Å².